The van der Waals surface area contributed by atoms with E-state index in [1.165, 1.54) is 6.07 Å². The summed E-state index contributed by atoms with van der Waals surface area (Å²) in [6.07, 6.45) is 7.03. The van der Waals surface area contributed by atoms with Gasteiger partial charge in [0.25, 0.3) is 0 Å². The highest BCUT2D eigenvalue weighted by Crippen LogP contribution is 2.38. The van der Waals surface area contributed by atoms with Crippen molar-refractivity contribution < 1.29 is 13.9 Å². The number of carbonyl (C=O) groups excluding carboxylic acids is 1. The van der Waals surface area contributed by atoms with Crippen molar-refractivity contribution in [2.24, 2.45) is 0 Å². The fraction of sp³-hybridized carbons (Fsp3) is 0.400. The van der Waals surface area contributed by atoms with E-state index in [4.69, 9.17) is 16.3 Å². The Labute approximate surface area is 156 Å². The normalized spacial score (nSPS) is 24.5. The number of halogens is 2. The number of piperidine rings is 1. The first kappa shape index (κ1) is 17.3. The van der Waals surface area contributed by atoms with E-state index in [9.17, 15) is 9.18 Å². The zero-order valence-electron chi connectivity index (χ0n) is 14.3. The fourth-order valence-electron chi connectivity index (χ4n) is 4.18. The number of aromatic nitrogens is 1. The molecule has 4 nitrogen and oxygen atoms in total. The molecule has 0 spiro atoms. The van der Waals surface area contributed by atoms with Gasteiger partial charge in [0.2, 0.25) is 5.91 Å². The zero-order valence-corrected chi connectivity index (χ0v) is 15.0. The zero-order chi connectivity index (χ0) is 18.1. The lowest BCUT2D eigenvalue weighted by atomic mass is 9.98. The van der Waals surface area contributed by atoms with Gasteiger partial charge >= 0.3 is 0 Å². The molecule has 26 heavy (non-hydrogen) atoms. The Morgan fingerprint density at radius 1 is 1.23 bits per heavy atom. The van der Waals surface area contributed by atoms with Gasteiger partial charge in [-0.2, -0.15) is 0 Å². The van der Waals surface area contributed by atoms with Crippen LogP contribution in [0, 0.1) is 5.82 Å². The molecule has 2 saturated heterocycles. The van der Waals surface area contributed by atoms with E-state index in [0.717, 1.165) is 31.4 Å². The minimum absolute atomic E-state index is 0.00658. The van der Waals surface area contributed by atoms with Gasteiger partial charge in [0.05, 0.1) is 12.6 Å². The van der Waals surface area contributed by atoms with E-state index in [1.807, 2.05) is 17.0 Å². The molecule has 6 heteroatoms. The number of nitrogens with zero attached hydrogens (tertiary/aromatic N) is 2. The maximum atomic E-state index is 14.0. The number of rotatable bonds is 4. The van der Waals surface area contributed by atoms with E-state index in [2.05, 4.69) is 4.98 Å². The maximum absolute atomic E-state index is 14.0. The van der Waals surface area contributed by atoms with Crippen molar-refractivity contribution >= 4 is 17.5 Å². The third-order valence-corrected chi connectivity index (χ3v) is 5.66. The lowest BCUT2D eigenvalue weighted by molar-refractivity contribution is -0.136. The van der Waals surface area contributed by atoms with Crippen molar-refractivity contribution in [3.63, 3.8) is 0 Å². The van der Waals surface area contributed by atoms with Gasteiger partial charge in [-0.15, -0.1) is 0 Å². The van der Waals surface area contributed by atoms with Crippen LogP contribution in [-0.4, -0.2) is 34.0 Å². The number of hydrogen-bond donors (Lipinski definition) is 0. The molecule has 1 aromatic carbocycles. The molecule has 2 aromatic rings. The highest BCUT2D eigenvalue weighted by molar-refractivity contribution is 6.31. The van der Waals surface area contributed by atoms with Crippen LogP contribution in [0.4, 0.5) is 4.39 Å². The summed E-state index contributed by atoms with van der Waals surface area (Å²) in [7, 11) is 0. The fourth-order valence-corrected chi connectivity index (χ4v) is 4.41. The van der Waals surface area contributed by atoms with Gasteiger partial charge in [-0.1, -0.05) is 17.7 Å². The molecule has 0 radical (unpaired) electrons. The summed E-state index contributed by atoms with van der Waals surface area (Å²) in [6, 6.07) is 8.55. The van der Waals surface area contributed by atoms with E-state index >= 15 is 0 Å². The summed E-state index contributed by atoms with van der Waals surface area (Å²) in [5.74, 6) is 0.284. The third-order valence-electron chi connectivity index (χ3n) is 5.30. The Kier molecular flexibility index (Phi) is 4.81. The molecular formula is C20H20ClFN2O2. The summed E-state index contributed by atoms with van der Waals surface area (Å²) in [4.78, 5) is 18.9. The quantitative estimate of drug-likeness (QED) is 0.811. The van der Waals surface area contributed by atoms with Crippen molar-refractivity contribution in [2.75, 3.05) is 0 Å². The molecule has 0 aliphatic carbocycles. The van der Waals surface area contributed by atoms with Crippen LogP contribution in [0.5, 0.6) is 5.75 Å². The molecule has 4 rings (SSSR count). The summed E-state index contributed by atoms with van der Waals surface area (Å²) < 4.78 is 20.1. The monoisotopic (exact) mass is 374 g/mol. The van der Waals surface area contributed by atoms with E-state index in [-0.39, 0.29) is 36.1 Å². The number of pyridine rings is 1. The predicted octanol–water partition coefficient (Wildman–Crippen LogP) is 4.02. The van der Waals surface area contributed by atoms with Crippen LogP contribution in [-0.2, 0) is 11.2 Å². The van der Waals surface area contributed by atoms with Crippen LogP contribution in [0.15, 0.2) is 42.7 Å². The molecule has 1 amide bonds. The molecule has 136 valence electrons. The SMILES string of the molecule is O=C(Cc1c(F)cccc1Cl)N1C2CCC1CC(Oc1cccnc1)C2. The van der Waals surface area contributed by atoms with Crippen LogP contribution >= 0.6 is 11.6 Å². The lowest BCUT2D eigenvalue weighted by Crippen LogP contribution is -2.49. The van der Waals surface area contributed by atoms with Gasteiger partial charge in [-0.05, 0) is 37.1 Å². The number of amides is 1. The molecule has 2 atom stereocenters. The predicted molar refractivity (Wildman–Crippen MR) is 96.7 cm³/mol. The van der Waals surface area contributed by atoms with Crippen LogP contribution in [0.2, 0.25) is 5.02 Å². The summed E-state index contributed by atoms with van der Waals surface area (Å²) in [6.45, 7) is 0. The van der Waals surface area contributed by atoms with Crippen molar-refractivity contribution in [2.45, 2.75) is 50.3 Å². The summed E-state index contributed by atoms with van der Waals surface area (Å²) in [5.41, 5.74) is 0.285. The number of benzene rings is 1. The average Bonchev–Trinajstić information content (AvgIpc) is 2.90. The van der Waals surface area contributed by atoms with Crippen molar-refractivity contribution in [3.05, 3.63) is 59.1 Å². The highest BCUT2D eigenvalue weighted by atomic mass is 35.5. The maximum Gasteiger partial charge on any atom is 0.227 e. The Bertz CT molecular complexity index is 767. The molecule has 2 bridgehead atoms. The van der Waals surface area contributed by atoms with Crippen molar-refractivity contribution in [1.82, 2.24) is 9.88 Å². The number of ether oxygens (including phenoxy) is 1. The summed E-state index contributed by atoms with van der Waals surface area (Å²) in [5, 5.41) is 0.306. The highest BCUT2D eigenvalue weighted by Gasteiger charge is 2.44. The van der Waals surface area contributed by atoms with Crippen molar-refractivity contribution in [1.29, 1.82) is 0 Å². The second kappa shape index (κ2) is 7.23. The molecule has 2 aliphatic heterocycles. The Morgan fingerprint density at radius 3 is 2.65 bits per heavy atom. The van der Waals surface area contributed by atoms with Gasteiger partial charge in [0.15, 0.2) is 0 Å². The third kappa shape index (κ3) is 3.40. The van der Waals surface area contributed by atoms with Gasteiger partial charge in [-0.3, -0.25) is 9.78 Å². The van der Waals surface area contributed by atoms with Gasteiger partial charge in [-0.25, -0.2) is 4.39 Å². The second-order valence-corrected chi connectivity index (χ2v) is 7.37. The molecule has 0 saturated carbocycles. The molecule has 2 fully saturated rings. The molecule has 2 aliphatic rings. The van der Waals surface area contributed by atoms with Crippen LogP contribution in [0.1, 0.15) is 31.2 Å². The van der Waals surface area contributed by atoms with Gasteiger partial charge < -0.3 is 9.64 Å². The molecule has 3 heterocycles. The number of carbonyl (C=O) groups is 1. The topological polar surface area (TPSA) is 42.4 Å². The number of fused-ring (bicyclic) bond motifs is 2. The van der Waals surface area contributed by atoms with Crippen LogP contribution in [0.25, 0.3) is 0 Å². The summed E-state index contributed by atoms with van der Waals surface area (Å²) >= 11 is 6.08. The molecule has 2 unspecified atom stereocenters. The van der Waals surface area contributed by atoms with E-state index in [0.29, 0.717) is 5.02 Å². The minimum Gasteiger partial charge on any atom is -0.489 e. The minimum atomic E-state index is -0.423. The molecular weight excluding hydrogens is 355 g/mol. The number of hydrogen-bond acceptors (Lipinski definition) is 3. The largest absolute Gasteiger partial charge is 0.489 e. The smallest absolute Gasteiger partial charge is 0.227 e. The van der Waals surface area contributed by atoms with E-state index < -0.39 is 5.82 Å². The van der Waals surface area contributed by atoms with Crippen molar-refractivity contribution in [3.8, 4) is 5.75 Å². The van der Waals surface area contributed by atoms with Crippen LogP contribution in [0.3, 0.4) is 0 Å². The first-order chi connectivity index (χ1) is 12.6. The van der Waals surface area contributed by atoms with Gasteiger partial charge in [0.1, 0.15) is 17.7 Å². The Hall–Kier alpha value is -2.14. The molecule has 1 aromatic heterocycles. The Morgan fingerprint density at radius 2 is 2.00 bits per heavy atom. The standard InChI is InChI=1S/C20H20ClFN2O2/c21-18-4-1-5-19(22)17(18)11-20(25)24-13-6-7-14(24)10-16(9-13)26-15-3-2-8-23-12-15/h1-5,8,12-14,16H,6-7,9-11H2. The first-order valence-corrected chi connectivity index (χ1v) is 9.30. The second-order valence-electron chi connectivity index (χ2n) is 6.96. The Balaban J connectivity index is 1.44. The molecule has 0 N–H and O–H groups in total. The average molecular weight is 375 g/mol. The van der Waals surface area contributed by atoms with Crippen LogP contribution < -0.4 is 4.74 Å². The lowest BCUT2D eigenvalue weighted by Gasteiger charge is -2.39. The van der Waals surface area contributed by atoms with Gasteiger partial charge in [0, 0.05) is 41.7 Å². The van der Waals surface area contributed by atoms with E-state index in [1.54, 1.807) is 24.5 Å². The first-order valence-electron chi connectivity index (χ1n) is 8.92.